The standard InChI is InChI=1S/C18H21F4NO3/c1-2-3-10-26-17(25)12-6-8-23(9-7-12)16(24)14-11-13(19)4-5-15(14)18(20,21)22/h4-5,11-12H,2-3,6-10H2,1H3. The Bertz CT molecular complexity index is 652. The number of amides is 1. The predicted octanol–water partition coefficient (Wildman–Crippen LogP) is 4.04. The van der Waals surface area contributed by atoms with Gasteiger partial charge in [-0.3, -0.25) is 9.59 Å². The molecule has 1 aliphatic heterocycles. The topological polar surface area (TPSA) is 46.6 Å². The van der Waals surface area contributed by atoms with E-state index in [1.54, 1.807) is 0 Å². The summed E-state index contributed by atoms with van der Waals surface area (Å²) in [6.07, 6.45) is -2.46. The van der Waals surface area contributed by atoms with E-state index in [1.807, 2.05) is 6.92 Å². The molecule has 0 unspecified atom stereocenters. The van der Waals surface area contributed by atoms with Gasteiger partial charge in [-0.2, -0.15) is 13.2 Å². The van der Waals surface area contributed by atoms with Crippen LogP contribution in [0.25, 0.3) is 0 Å². The minimum absolute atomic E-state index is 0.125. The van der Waals surface area contributed by atoms with E-state index in [0.29, 0.717) is 37.6 Å². The Labute approximate surface area is 149 Å². The molecule has 2 rings (SSSR count). The van der Waals surface area contributed by atoms with Crippen molar-refractivity contribution in [3.8, 4) is 0 Å². The third kappa shape index (κ3) is 4.95. The number of hydrogen-bond acceptors (Lipinski definition) is 3. The number of rotatable bonds is 5. The lowest BCUT2D eigenvalue weighted by atomic mass is 9.96. The maximum Gasteiger partial charge on any atom is 0.417 e. The molecule has 0 aromatic heterocycles. The van der Waals surface area contributed by atoms with Gasteiger partial charge in [0.2, 0.25) is 0 Å². The van der Waals surface area contributed by atoms with E-state index < -0.39 is 29.0 Å². The summed E-state index contributed by atoms with van der Waals surface area (Å²) < 4.78 is 57.7. The van der Waals surface area contributed by atoms with Gasteiger partial charge in [0.15, 0.2) is 0 Å². The van der Waals surface area contributed by atoms with Crippen molar-refractivity contribution >= 4 is 11.9 Å². The van der Waals surface area contributed by atoms with E-state index in [0.717, 1.165) is 12.8 Å². The van der Waals surface area contributed by atoms with E-state index in [4.69, 9.17) is 4.74 Å². The highest BCUT2D eigenvalue weighted by Crippen LogP contribution is 2.33. The molecule has 1 aliphatic rings. The summed E-state index contributed by atoms with van der Waals surface area (Å²) in [5.41, 5.74) is -1.87. The number of benzene rings is 1. The monoisotopic (exact) mass is 375 g/mol. The van der Waals surface area contributed by atoms with Gasteiger partial charge < -0.3 is 9.64 Å². The maximum atomic E-state index is 13.4. The summed E-state index contributed by atoms with van der Waals surface area (Å²) in [7, 11) is 0. The van der Waals surface area contributed by atoms with Crippen molar-refractivity contribution in [1.29, 1.82) is 0 Å². The Kier molecular flexibility index (Phi) is 6.61. The summed E-state index contributed by atoms with van der Waals surface area (Å²) in [5.74, 6) is -2.50. The molecular formula is C18H21F4NO3. The zero-order valence-corrected chi connectivity index (χ0v) is 14.4. The van der Waals surface area contributed by atoms with Gasteiger partial charge in [0.25, 0.3) is 5.91 Å². The molecule has 1 aromatic rings. The van der Waals surface area contributed by atoms with Crippen LogP contribution in [0.2, 0.25) is 0 Å². The number of unbranched alkanes of at least 4 members (excludes halogenated alkanes) is 1. The number of carbonyl (C=O) groups excluding carboxylic acids is 2. The van der Waals surface area contributed by atoms with E-state index in [9.17, 15) is 27.2 Å². The first kappa shape index (κ1) is 20.2. The quantitative estimate of drug-likeness (QED) is 0.443. The largest absolute Gasteiger partial charge is 0.465 e. The van der Waals surface area contributed by atoms with Crippen LogP contribution in [0.3, 0.4) is 0 Å². The lowest BCUT2D eigenvalue weighted by Gasteiger charge is -2.31. The molecule has 1 aromatic carbocycles. The van der Waals surface area contributed by atoms with Gasteiger partial charge in [-0.05, 0) is 37.5 Å². The highest BCUT2D eigenvalue weighted by molar-refractivity contribution is 5.96. The average molecular weight is 375 g/mol. The van der Waals surface area contributed by atoms with Crippen LogP contribution < -0.4 is 0 Å². The molecule has 1 fully saturated rings. The SMILES string of the molecule is CCCCOC(=O)C1CCN(C(=O)c2cc(F)ccc2C(F)(F)F)CC1. The smallest absolute Gasteiger partial charge is 0.417 e. The third-order valence-corrected chi connectivity index (χ3v) is 4.38. The third-order valence-electron chi connectivity index (χ3n) is 4.38. The van der Waals surface area contributed by atoms with Gasteiger partial charge in [-0.25, -0.2) is 4.39 Å². The molecule has 26 heavy (non-hydrogen) atoms. The van der Waals surface area contributed by atoms with Crippen molar-refractivity contribution < 1.29 is 31.9 Å². The molecule has 144 valence electrons. The minimum atomic E-state index is -4.75. The molecule has 0 spiro atoms. The van der Waals surface area contributed by atoms with Crippen LogP contribution in [0.4, 0.5) is 17.6 Å². The summed E-state index contributed by atoms with van der Waals surface area (Å²) in [5, 5.41) is 0. The van der Waals surface area contributed by atoms with Crippen molar-refractivity contribution in [2.75, 3.05) is 19.7 Å². The Hall–Kier alpha value is -2.12. The number of carbonyl (C=O) groups is 2. The number of nitrogens with zero attached hydrogens (tertiary/aromatic N) is 1. The first-order valence-electron chi connectivity index (χ1n) is 8.56. The second kappa shape index (κ2) is 8.51. The number of esters is 1. The van der Waals surface area contributed by atoms with Crippen LogP contribution in [0.15, 0.2) is 18.2 Å². The summed E-state index contributed by atoms with van der Waals surface area (Å²) in [6.45, 7) is 2.56. The van der Waals surface area contributed by atoms with Gasteiger partial charge in [0.05, 0.1) is 23.7 Å². The molecule has 0 atom stereocenters. The van der Waals surface area contributed by atoms with Crippen molar-refractivity contribution in [1.82, 2.24) is 4.90 Å². The first-order valence-corrected chi connectivity index (χ1v) is 8.56. The van der Waals surface area contributed by atoms with Crippen molar-refractivity contribution in [3.05, 3.63) is 35.1 Å². The number of halogens is 4. The van der Waals surface area contributed by atoms with Gasteiger partial charge in [-0.1, -0.05) is 13.3 Å². The Morgan fingerprint density at radius 3 is 2.46 bits per heavy atom. The molecule has 0 aliphatic carbocycles. The Morgan fingerprint density at radius 1 is 1.23 bits per heavy atom. The fourth-order valence-corrected chi connectivity index (χ4v) is 2.86. The highest BCUT2D eigenvalue weighted by Gasteiger charge is 2.37. The second-order valence-corrected chi connectivity index (χ2v) is 6.28. The van der Waals surface area contributed by atoms with Crippen LogP contribution in [0, 0.1) is 11.7 Å². The Morgan fingerprint density at radius 2 is 1.88 bits per heavy atom. The van der Waals surface area contributed by atoms with Crippen LogP contribution in [-0.2, 0) is 15.7 Å². The number of alkyl halides is 3. The molecule has 0 radical (unpaired) electrons. The summed E-state index contributed by atoms with van der Waals surface area (Å²) in [4.78, 5) is 25.6. The summed E-state index contributed by atoms with van der Waals surface area (Å²) in [6, 6.07) is 1.86. The molecule has 0 saturated carbocycles. The maximum absolute atomic E-state index is 13.4. The number of likely N-dealkylation sites (tertiary alicyclic amines) is 1. The van der Waals surface area contributed by atoms with Gasteiger partial charge >= 0.3 is 12.1 Å². The van der Waals surface area contributed by atoms with Crippen molar-refractivity contribution in [3.63, 3.8) is 0 Å². The molecule has 0 bridgehead atoms. The lowest BCUT2D eigenvalue weighted by Crippen LogP contribution is -2.41. The normalized spacial score (nSPS) is 15.8. The fourth-order valence-electron chi connectivity index (χ4n) is 2.86. The van der Waals surface area contributed by atoms with Crippen molar-refractivity contribution in [2.45, 2.75) is 38.8 Å². The Balaban J connectivity index is 2.03. The number of piperidine rings is 1. The molecule has 1 amide bonds. The molecule has 4 nitrogen and oxygen atoms in total. The van der Waals surface area contributed by atoms with Crippen LogP contribution in [0.5, 0.6) is 0 Å². The summed E-state index contributed by atoms with van der Waals surface area (Å²) >= 11 is 0. The average Bonchev–Trinajstić information content (AvgIpc) is 2.60. The lowest BCUT2D eigenvalue weighted by molar-refractivity contribution is -0.150. The minimum Gasteiger partial charge on any atom is -0.465 e. The van der Waals surface area contributed by atoms with Crippen LogP contribution in [0.1, 0.15) is 48.5 Å². The van der Waals surface area contributed by atoms with E-state index in [2.05, 4.69) is 0 Å². The van der Waals surface area contributed by atoms with Crippen molar-refractivity contribution in [2.24, 2.45) is 5.92 Å². The zero-order chi connectivity index (χ0) is 19.3. The first-order chi connectivity index (χ1) is 12.2. The van der Waals surface area contributed by atoms with E-state index in [-0.39, 0.29) is 25.0 Å². The second-order valence-electron chi connectivity index (χ2n) is 6.28. The molecule has 8 heteroatoms. The van der Waals surface area contributed by atoms with Gasteiger partial charge in [0.1, 0.15) is 5.82 Å². The van der Waals surface area contributed by atoms with Crippen LogP contribution in [-0.4, -0.2) is 36.5 Å². The number of ether oxygens (including phenoxy) is 1. The molecule has 1 saturated heterocycles. The van der Waals surface area contributed by atoms with Crippen LogP contribution >= 0.6 is 0 Å². The number of hydrogen-bond donors (Lipinski definition) is 0. The predicted molar refractivity (Wildman–Crippen MR) is 85.9 cm³/mol. The van der Waals surface area contributed by atoms with Gasteiger partial charge in [-0.15, -0.1) is 0 Å². The zero-order valence-electron chi connectivity index (χ0n) is 14.4. The molecular weight excluding hydrogens is 354 g/mol. The highest BCUT2D eigenvalue weighted by atomic mass is 19.4. The molecule has 1 heterocycles. The molecule has 0 N–H and O–H groups in total. The van der Waals surface area contributed by atoms with E-state index in [1.165, 1.54) is 4.90 Å². The fraction of sp³-hybridized carbons (Fsp3) is 0.556. The van der Waals surface area contributed by atoms with E-state index >= 15 is 0 Å². The van der Waals surface area contributed by atoms with Gasteiger partial charge in [0, 0.05) is 13.1 Å².